The van der Waals surface area contributed by atoms with Crippen LogP contribution in [0.15, 0.2) is 48.5 Å². The summed E-state index contributed by atoms with van der Waals surface area (Å²) in [6, 6.07) is 15.2. The van der Waals surface area contributed by atoms with Crippen molar-refractivity contribution in [1.29, 1.82) is 0 Å². The minimum absolute atomic E-state index is 0. The first-order valence-electron chi connectivity index (χ1n) is 9.74. The Kier molecular flexibility index (Phi) is 9.71. The van der Waals surface area contributed by atoms with Gasteiger partial charge in [0.1, 0.15) is 23.9 Å². The zero-order valence-electron chi connectivity index (χ0n) is 16.9. The van der Waals surface area contributed by atoms with Gasteiger partial charge in [0.25, 0.3) is 0 Å². The van der Waals surface area contributed by atoms with E-state index in [0.717, 1.165) is 49.6 Å². The number of nitrogens with one attached hydrogen (secondary N) is 1. The van der Waals surface area contributed by atoms with Crippen LogP contribution in [0.3, 0.4) is 0 Å². The molecule has 0 aromatic heterocycles. The Labute approximate surface area is 190 Å². The van der Waals surface area contributed by atoms with Gasteiger partial charge < -0.3 is 9.47 Å². The van der Waals surface area contributed by atoms with Crippen LogP contribution in [0.4, 0.5) is 0 Å². The topological polar surface area (TPSA) is 67.9 Å². The van der Waals surface area contributed by atoms with Crippen LogP contribution in [0.2, 0.25) is 5.02 Å². The second kappa shape index (κ2) is 11.8. The largest absolute Gasteiger partial charge is 0.492 e. The molecule has 30 heavy (non-hydrogen) atoms. The van der Waals surface area contributed by atoms with Crippen molar-refractivity contribution in [2.45, 2.75) is 25.3 Å². The third kappa shape index (κ3) is 8.32. The summed E-state index contributed by atoms with van der Waals surface area (Å²) >= 11 is 5.88. The molecule has 1 fully saturated rings. The fourth-order valence-electron chi connectivity index (χ4n) is 3.35. The maximum atomic E-state index is 11.1. The zero-order valence-corrected chi connectivity index (χ0v) is 19.3. The lowest BCUT2D eigenvalue weighted by atomic mass is 10.2. The van der Waals surface area contributed by atoms with Crippen LogP contribution in [0.5, 0.6) is 17.2 Å². The summed E-state index contributed by atoms with van der Waals surface area (Å²) in [6.45, 7) is 2.99. The predicted octanol–water partition coefficient (Wildman–Crippen LogP) is 4.34. The van der Waals surface area contributed by atoms with E-state index in [2.05, 4.69) is 9.62 Å². The molecule has 0 aliphatic carbocycles. The molecule has 0 spiro atoms. The molecule has 0 saturated carbocycles. The first-order chi connectivity index (χ1) is 13.9. The highest BCUT2D eigenvalue weighted by atomic mass is 35.5. The summed E-state index contributed by atoms with van der Waals surface area (Å²) < 4.78 is 36.6. The summed E-state index contributed by atoms with van der Waals surface area (Å²) in [5, 5.41) is 0.675. The van der Waals surface area contributed by atoms with Crippen molar-refractivity contribution < 1.29 is 17.9 Å². The summed E-state index contributed by atoms with van der Waals surface area (Å²) in [5.74, 6) is 2.27. The lowest BCUT2D eigenvalue weighted by Gasteiger charge is -2.24. The number of halogens is 2. The van der Waals surface area contributed by atoms with E-state index < -0.39 is 10.0 Å². The van der Waals surface area contributed by atoms with Crippen molar-refractivity contribution in [3.05, 3.63) is 53.6 Å². The number of nitrogens with zero attached hydrogens (tertiary/aromatic N) is 1. The van der Waals surface area contributed by atoms with Crippen molar-refractivity contribution in [2.75, 3.05) is 32.5 Å². The molecule has 1 saturated heterocycles. The lowest BCUT2D eigenvalue weighted by Crippen LogP contribution is -2.36. The molecule has 1 aliphatic heterocycles. The first kappa shape index (κ1) is 24.8. The molecule has 3 rings (SSSR count). The molecule has 1 aliphatic rings. The van der Waals surface area contributed by atoms with Gasteiger partial charge in [-0.2, -0.15) is 0 Å². The Morgan fingerprint density at radius 3 is 2.30 bits per heavy atom. The fraction of sp³-hybridized carbons (Fsp3) is 0.429. The smallest absolute Gasteiger partial charge is 0.208 e. The normalized spacial score (nSPS) is 16.8. The molecule has 1 heterocycles. The van der Waals surface area contributed by atoms with Crippen molar-refractivity contribution >= 4 is 34.0 Å². The van der Waals surface area contributed by atoms with Gasteiger partial charge in [-0.3, -0.25) is 4.90 Å². The quantitative estimate of drug-likeness (QED) is 0.518. The molecule has 1 atom stereocenters. The van der Waals surface area contributed by atoms with Crippen LogP contribution in [0.1, 0.15) is 19.3 Å². The molecule has 9 heteroatoms. The number of benzene rings is 2. The van der Waals surface area contributed by atoms with E-state index in [1.54, 1.807) is 12.1 Å². The first-order valence-corrected chi connectivity index (χ1v) is 12.0. The molecular weight excluding hydrogens is 447 g/mol. The van der Waals surface area contributed by atoms with Gasteiger partial charge in [-0.1, -0.05) is 11.6 Å². The third-order valence-electron chi connectivity index (χ3n) is 4.80. The van der Waals surface area contributed by atoms with E-state index in [0.29, 0.717) is 24.2 Å². The van der Waals surface area contributed by atoms with Gasteiger partial charge in [0.2, 0.25) is 10.0 Å². The molecule has 0 radical (unpaired) electrons. The van der Waals surface area contributed by atoms with Gasteiger partial charge in [-0.25, -0.2) is 13.1 Å². The van der Waals surface area contributed by atoms with Crippen molar-refractivity contribution in [3.63, 3.8) is 0 Å². The van der Waals surface area contributed by atoms with Crippen molar-refractivity contribution in [2.24, 2.45) is 0 Å². The second-order valence-electron chi connectivity index (χ2n) is 7.19. The Balaban J connectivity index is 0.00000320. The molecule has 0 unspecified atom stereocenters. The maximum Gasteiger partial charge on any atom is 0.208 e. The molecule has 0 amide bonds. The molecular formula is C21H28Cl2N2O4S. The maximum absolute atomic E-state index is 11.1. The van der Waals surface area contributed by atoms with Crippen molar-refractivity contribution in [1.82, 2.24) is 9.62 Å². The molecule has 6 nitrogen and oxygen atoms in total. The highest BCUT2D eigenvalue weighted by Crippen LogP contribution is 2.26. The number of hydrogen-bond donors (Lipinski definition) is 1. The van der Waals surface area contributed by atoms with E-state index >= 15 is 0 Å². The number of hydrogen-bond acceptors (Lipinski definition) is 5. The molecule has 0 bridgehead atoms. The van der Waals surface area contributed by atoms with E-state index in [4.69, 9.17) is 21.1 Å². The van der Waals surface area contributed by atoms with Crippen LogP contribution < -0.4 is 14.2 Å². The van der Waals surface area contributed by atoms with Crippen LogP contribution in [-0.4, -0.2) is 51.9 Å². The summed E-state index contributed by atoms with van der Waals surface area (Å²) in [5.41, 5.74) is 0. The Hall–Kier alpha value is -1.51. The number of ether oxygens (including phenoxy) is 2. The SMILES string of the molecule is CS(=O)(=O)NCCCN1CCC[C@H]1COc1ccc(Oc2ccc(Cl)cc2)cc1.Cl. The average molecular weight is 475 g/mol. The van der Waals surface area contributed by atoms with Gasteiger partial charge in [-0.15, -0.1) is 12.4 Å². The van der Waals surface area contributed by atoms with Crippen LogP contribution in [0.25, 0.3) is 0 Å². The second-order valence-corrected chi connectivity index (χ2v) is 9.46. The minimum Gasteiger partial charge on any atom is -0.492 e. The molecule has 166 valence electrons. The van der Waals surface area contributed by atoms with Gasteiger partial charge in [0, 0.05) is 17.6 Å². The molecule has 1 N–H and O–H groups in total. The fourth-order valence-corrected chi connectivity index (χ4v) is 3.99. The monoisotopic (exact) mass is 474 g/mol. The Bertz CT molecular complexity index is 877. The lowest BCUT2D eigenvalue weighted by molar-refractivity contribution is 0.172. The highest BCUT2D eigenvalue weighted by Gasteiger charge is 2.24. The summed E-state index contributed by atoms with van der Waals surface area (Å²) in [6.07, 6.45) is 4.21. The van der Waals surface area contributed by atoms with Crippen molar-refractivity contribution in [3.8, 4) is 17.2 Å². The minimum atomic E-state index is -3.11. The van der Waals surface area contributed by atoms with Gasteiger partial charge in [0.15, 0.2) is 0 Å². The van der Waals surface area contributed by atoms with Crippen LogP contribution in [0, 0.1) is 0 Å². The van der Waals surface area contributed by atoms with Gasteiger partial charge in [0.05, 0.1) is 6.26 Å². The Morgan fingerprint density at radius 2 is 1.67 bits per heavy atom. The predicted molar refractivity (Wildman–Crippen MR) is 123 cm³/mol. The van der Waals surface area contributed by atoms with E-state index in [1.807, 2.05) is 36.4 Å². The van der Waals surface area contributed by atoms with Gasteiger partial charge in [-0.05, 0) is 80.9 Å². The van der Waals surface area contributed by atoms with E-state index in [-0.39, 0.29) is 12.4 Å². The van der Waals surface area contributed by atoms with E-state index in [9.17, 15) is 8.42 Å². The molecule has 2 aromatic carbocycles. The van der Waals surface area contributed by atoms with Crippen LogP contribution >= 0.6 is 24.0 Å². The summed E-state index contributed by atoms with van der Waals surface area (Å²) in [4.78, 5) is 2.38. The molecule has 2 aromatic rings. The van der Waals surface area contributed by atoms with E-state index in [1.165, 1.54) is 6.26 Å². The number of rotatable bonds is 10. The third-order valence-corrected chi connectivity index (χ3v) is 5.78. The van der Waals surface area contributed by atoms with Crippen LogP contribution in [-0.2, 0) is 10.0 Å². The number of likely N-dealkylation sites (tertiary alicyclic amines) is 1. The van der Waals surface area contributed by atoms with Gasteiger partial charge >= 0.3 is 0 Å². The standard InChI is InChI=1S/C21H27ClN2O4S.ClH/c1-29(25,26)23-13-3-15-24-14-2-4-18(24)16-27-19-9-11-21(12-10-19)28-20-7-5-17(22)6-8-20;/h5-12,18,23H,2-4,13-16H2,1H3;1H/t18-;/m0./s1. The Morgan fingerprint density at radius 1 is 1.07 bits per heavy atom. The highest BCUT2D eigenvalue weighted by molar-refractivity contribution is 7.88. The zero-order chi connectivity index (χ0) is 20.7. The average Bonchev–Trinajstić information content (AvgIpc) is 3.13. The number of sulfonamides is 1. The summed E-state index contributed by atoms with van der Waals surface area (Å²) in [7, 11) is -3.11.